The summed E-state index contributed by atoms with van der Waals surface area (Å²) in [5, 5.41) is 1.32. The zero-order chi connectivity index (χ0) is 22.3. The molecule has 1 atom stereocenters. The average molecular weight is 451 g/mol. The summed E-state index contributed by atoms with van der Waals surface area (Å²) < 4.78 is 31.1. The first-order valence-corrected chi connectivity index (χ1v) is 13.0. The highest BCUT2D eigenvalue weighted by molar-refractivity contribution is 8.01. The smallest absolute Gasteiger partial charge is 0.206 e. The van der Waals surface area contributed by atoms with Crippen LogP contribution in [0.5, 0.6) is 5.75 Å². The second kappa shape index (κ2) is 8.17. The molecule has 2 aromatic carbocycles. The lowest BCUT2D eigenvalue weighted by atomic mass is 10.0. The van der Waals surface area contributed by atoms with Crippen molar-refractivity contribution in [3.8, 4) is 5.75 Å². The molecular weight excluding hydrogens is 424 g/mol. The number of fused-ring (bicyclic) bond motifs is 2. The quantitative estimate of drug-likeness (QED) is 0.284. The topological polar surface area (TPSA) is 69.7 Å². The molecule has 2 heterocycles. The predicted molar refractivity (Wildman–Crippen MR) is 129 cm³/mol. The van der Waals surface area contributed by atoms with E-state index >= 15 is 0 Å². The largest absolute Gasteiger partial charge is 0.486 e. The van der Waals surface area contributed by atoms with Crippen molar-refractivity contribution in [2.45, 2.75) is 38.4 Å². The Morgan fingerprint density at radius 3 is 2.62 bits per heavy atom. The van der Waals surface area contributed by atoms with Gasteiger partial charge in [0.2, 0.25) is 5.75 Å². The Morgan fingerprint density at radius 2 is 1.88 bits per heavy atom. The molecule has 1 aliphatic carbocycles. The van der Waals surface area contributed by atoms with Gasteiger partial charge in [0.15, 0.2) is 16.6 Å². The minimum absolute atomic E-state index is 0.146. The molecule has 1 saturated carbocycles. The van der Waals surface area contributed by atoms with E-state index in [1.807, 2.05) is 31.2 Å². The van der Waals surface area contributed by atoms with Crippen LogP contribution in [-0.2, 0) is 21.7 Å². The number of hydrogen-bond acceptors (Lipinski definition) is 5. The second-order valence-electron chi connectivity index (χ2n) is 8.52. The molecule has 1 fully saturated rings. The molecule has 0 amide bonds. The first kappa shape index (κ1) is 20.9. The van der Waals surface area contributed by atoms with Crippen LogP contribution in [0.3, 0.4) is 0 Å². The third kappa shape index (κ3) is 3.95. The standard InChI is InChI=1S/C26H26O5S/c1-17-21-12-14-30-24(21)26(29-13-6-9-18-7-4-3-5-8-18)25-23(17)22(27)15-19(31-25)16-32(2,28)20-10-11-20/h3-5,7-8,12,14-15H,6,9-11,13,16H2,1-2H3. The summed E-state index contributed by atoms with van der Waals surface area (Å²) in [4.78, 5) is 14.1. The van der Waals surface area contributed by atoms with Gasteiger partial charge < -0.3 is 13.6 Å². The number of hydrogen-bond donors (Lipinski definition) is 0. The van der Waals surface area contributed by atoms with Crippen molar-refractivity contribution in [2.24, 2.45) is 0 Å². The van der Waals surface area contributed by atoms with E-state index < -0.39 is 9.52 Å². The van der Waals surface area contributed by atoms with Gasteiger partial charge in [-0.1, -0.05) is 30.3 Å². The fraction of sp³-hybridized carbons (Fsp3) is 0.308. The van der Waals surface area contributed by atoms with Crippen LogP contribution in [0.25, 0.3) is 21.9 Å². The molecule has 0 radical (unpaired) electrons. The lowest BCUT2D eigenvalue weighted by molar-refractivity contribution is 0.308. The zero-order valence-corrected chi connectivity index (χ0v) is 19.1. The molecular formula is C26H26O5S. The molecule has 32 heavy (non-hydrogen) atoms. The molecule has 1 unspecified atom stereocenters. The summed E-state index contributed by atoms with van der Waals surface area (Å²) in [5.74, 6) is 1.10. The third-order valence-electron chi connectivity index (χ3n) is 6.04. The van der Waals surface area contributed by atoms with Gasteiger partial charge in [-0.25, -0.2) is 0 Å². The van der Waals surface area contributed by atoms with Crippen molar-refractivity contribution in [1.29, 1.82) is 0 Å². The molecule has 0 bridgehead atoms. The van der Waals surface area contributed by atoms with Crippen LogP contribution in [-0.4, -0.2) is 21.9 Å². The molecule has 5 nitrogen and oxygen atoms in total. The number of rotatable bonds is 7. The summed E-state index contributed by atoms with van der Waals surface area (Å²) in [6.07, 6.45) is 6.84. The fourth-order valence-corrected chi connectivity index (χ4v) is 6.08. The van der Waals surface area contributed by atoms with Crippen molar-refractivity contribution >= 4 is 36.3 Å². The minimum atomic E-state index is -2.16. The molecule has 0 spiro atoms. The van der Waals surface area contributed by atoms with E-state index in [-0.39, 0.29) is 11.2 Å². The Hall–Kier alpha value is -2.99. The fourth-order valence-electron chi connectivity index (χ4n) is 4.23. The Kier molecular flexibility index (Phi) is 5.33. The monoisotopic (exact) mass is 450 g/mol. The van der Waals surface area contributed by atoms with Gasteiger partial charge >= 0.3 is 0 Å². The van der Waals surface area contributed by atoms with Crippen LogP contribution in [0.4, 0.5) is 0 Å². The van der Waals surface area contributed by atoms with Crippen molar-refractivity contribution in [2.75, 3.05) is 12.9 Å². The summed E-state index contributed by atoms with van der Waals surface area (Å²) in [6.45, 7) is 2.35. The summed E-state index contributed by atoms with van der Waals surface area (Å²) in [7, 11) is -2.16. The molecule has 1 aliphatic rings. The van der Waals surface area contributed by atoms with Gasteiger partial charge in [0.25, 0.3) is 0 Å². The van der Waals surface area contributed by atoms with Crippen LogP contribution < -0.4 is 10.2 Å². The zero-order valence-electron chi connectivity index (χ0n) is 18.3. The van der Waals surface area contributed by atoms with Crippen molar-refractivity contribution in [3.63, 3.8) is 0 Å². The first-order chi connectivity index (χ1) is 15.4. The SMILES string of the molecule is Cc1c2ccoc2c(OCCCc2ccccc2)c2oc(CS(C)(=O)=C3CC3)cc(=O)c12. The Morgan fingerprint density at radius 1 is 1.09 bits per heavy atom. The Balaban J connectivity index is 1.53. The van der Waals surface area contributed by atoms with E-state index in [9.17, 15) is 9.00 Å². The molecule has 6 heteroatoms. The highest BCUT2D eigenvalue weighted by Crippen LogP contribution is 2.38. The van der Waals surface area contributed by atoms with Crippen LogP contribution in [0.15, 0.2) is 62.4 Å². The van der Waals surface area contributed by atoms with Crippen LogP contribution >= 0.6 is 0 Å². The predicted octanol–water partition coefficient (Wildman–Crippen LogP) is 5.24. The van der Waals surface area contributed by atoms with Crippen molar-refractivity contribution in [1.82, 2.24) is 0 Å². The van der Waals surface area contributed by atoms with Gasteiger partial charge in [-0.05, 0) is 64.2 Å². The molecule has 5 rings (SSSR count). The lowest BCUT2D eigenvalue weighted by Crippen LogP contribution is -2.11. The summed E-state index contributed by atoms with van der Waals surface area (Å²) in [5.41, 5.74) is 2.85. The number of ether oxygens (including phenoxy) is 1. The summed E-state index contributed by atoms with van der Waals surface area (Å²) >= 11 is 0. The molecule has 2 aromatic heterocycles. The van der Waals surface area contributed by atoms with Crippen LogP contribution in [0.2, 0.25) is 0 Å². The van der Waals surface area contributed by atoms with Crippen LogP contribution in [0, 0.1) is 6.92 Å². The van der Waals surface area contributed by atoms with E-state index in [1.165, 1.54) is 11.6 Å². The van der Waals surface area contributed by atoms with Crippen molar-refractivity contribution in [3.05, 3.63) is 75.8 Å². The minimum Gasteiger partial charge on any atom is -0.486 e. The van der Waals surface area contributed by atoms with Crippen molar-refractivity contribution < 1.29 is 17.8 Å². The number of aryl methyl sites for hydroxylation is 2. The maximum Gasteiger partial charge on any atom is 0.206 e. The van der Waals surface area contributed by atoms with Gasteiger partial charge in [-0.15, -0.1) is 0 Å². The van der Waals surface area contributed by atoms with E-state index in [4.69, 9.17) is 13.6 Å². The Bertz CT molecular complexity index is 1480. The van der Waals surface area contributed by atoms with Gasteiger partial charge in [-0.3, -0.25) is 9.00 Å². The maximum atomic E-state index is 13.1. The lowest BCUT2D eigenvalue weighted by Gasteiger charge is -2.13. The van der Waals surface area contributed by atoms with E-state index in [0.29, 0.717) is 34.7 Å². The normalized spacial score (nSPS) is 15.2. The van der Waals surface area contributed by atoms with Gasteiger partial charge in [-0.2, -0.15) is 0 Å². The summed E-state index contributed by atoms with van der Waals surface area (Å²) in [6, 6.07) is 13.6. The maximum absolute atomic E-state index is 13.1. The second-order valence-corrected chi connectivity index (χ2v) is 11.4. The van der Waals surface area contributed by atoms with Gasteiger partial charge in [0.05, 0.1) is 24.0 Å². The number of benzene rings is 2. The average Bonchev–Trinajstić information content (AvgIpc) is 3.52. The third-order valence-corrected chi connectivity index (χ3v) is 8.50. The van der Waals surface area contributed by atoms with E-state index in [2.05, 4.69) is 12.1 Å². The molecule has 4 aromatic rings. The highest BCUT2D eigenvalue weighted by Gasteiger charge is 2.24. The first-order valence-electron chi connectivity index (χ1n) is 10.9. The molecule has 0 aliphatic heterocycles. The molecule has 0 saturated heterocycles. The molecule has 166 valence electrons. The highest BCUT2D eigenvalue weighted by atomic mass is 32.2. The Labute approximate surface area is 187 Å². The van der Waals surface area contributed by atoms with E-state index in [0.717, 1.165) is 41.5 Å². The molecule has 0 N–H and O–H groups in total. The number of furan rings is 1. The van der Waals surface area contributed by atoms with E-state index in [1.54, 1.807) is 12.5 Å². The van der Waals surface area contributed by atoms with Gasteiger partial charge in [0, 0.05) is 17.7 Å². The van der Waals surface area contributed by atoms with Gasteiger partial charge in [0.1, 0.15) is 5.76 Å². The van der Waals surface area contributed by atoms with Crippen LogP contribution in [0.1, 0.15) is 36.1 Å².